The minimum atomic E-state index is -0.0813. The number of carbonyl (C=O) groups is 1. The second-order valence-corrected chi connectivity index (χ2v) is 7.96. The second-order valence-electron chi connectivity index (χ2n) is 6.96. The molecule has 1 saturated heterocycles. The molecule has 1 fully saturated rings. The van der Waals surface area contributed by atoms with E-state index in [1.54, 1.807) is 31.4 Å². The summed E-state index contributed by atoms with van der Waals surface area (Å²) < 4.78 is 0. The number of likely N-dealkylation sites (tertiary alicyclic amines) is 1. The van der Waals surface area contributed by atoms with Crippen LogP contribution in [0.2, 0.25) is 0 Å². The maximum atomic E-state index is 12.3. The summed E-state index contributed by atoms with van der Waals surface area (Å²) in [6.45, 7) is 1.77. The van der Waals surface area contributed by atoms with E-state index in [0.717, 1.165) is 47.5 Å². The number of hydrogen-bond acceptors (Lipinski definition) is 7. The molecule has 8 heteroatoms. The maximum absolute atomic E-state index is 12.3. The third-order valence-corrected chi connectivity index (χ3v) is 6.01. The van der Waals surface area contributed by atoms with Crippen molar-refractivity contribution in [2.45, 2.75) is 25.4 Å². The smallest absolute Gasteiger partial charge is 0.265 e. The summed E-state index contributed by atoms with van der Waals surface area (Å²) >= 11 is 1.37. The van der Waals surface area contributed by atoms with Crippen molar-refractivity contribution in [2.24, 2.45) is 0 Å². The molecule has 1 amide bonds. The van der Waals surface area contributed by atoms with E-state index in [9.17, 15) is 4.79 Å². The quantitative estimate of drug-likeness (QED) is 0.746. The summed E-state index contributed by atoms with van der Waals surface area (Å²) in [7, 11) is 3.46. The Morgan fingerprint density at radius 1 is 1.37 bits per heavy atom. The van der Waals surface area contributed by atoms with Crippen LogP contribution >= 0.6 is 11.3 Å². The lowest BCUT2D eigenvalue weighted by Gasteiger charge is -2.23. The standard InChI is InChI=1S/C19H22N6OS/c1-24(2)19(26)17-16(20)13-5-6-14(23-18(13)27-17)15-4-3-9-25(15)11-12-10-21-7-8-22-12/h5-8,10,15H,3-4,9,11,20H2,1-2H3. The Kier molecular flexibility index (Phi) is 4.75. The van der Waals surface area contributed by atoms with Gasteiger partial charge < -0.3 is 10.6 Å². The molecule has 1 atom stereocenters. The van der Waals surface area contributed by atoms with E-state index >= 15 is 0 Å². The van der Waals surface area contributed by atoms with E-state index in [1.807, 2.05) is 18.3 Å². The molecule has 3 aromatic rings. The lowest BCUT2D eigenvalue weighted by molar-refractivity contribution is 0.0833. The van der Waals surface area contributed by atoms with Gasteiger partial charge in [0.1, 0.15) is 9.71 Å². The van der Waals surface area contributed by atoms with Gasteiger partial charge in [-0.1, -0.05) is 0 Å². The summed E-state index contributed by atoms with van der Waals surface area (Å²) in [6.07, 6.45) is 7.41. The van der Waals surface area contributed by atoms with Gasteiger partial charge in [-0.3, -0.25) is 19.7 Å². The molecule has 0 spiro atoms. The lowest BCUT2D eigenvalue weighted by Crippen LogP contribution is -2.24. The van der Waals surface area contributed by atoms with Crippen LogP contribution in [0.5, 0.6) is 0 Å². The summed E-state index contributed by atoms with van der Waals surface area (Å²) in [5.74, 6) is -0.0813. The molecule has 7 nitrogen and oxygen atoms in total. The predicted octanol–water partition coefficient (Wildman–Crippen LogP) is 2.71. The summed E-state index contributed by atoms with van der Waals surface area (Å²) in [5, 5.41) is 0.854. The summed E-state index contributed by atoms with van der Waals surface area (Å²) in [5.41, 5.74) is 8.72. The lowest BCUT2D eigenvalue weighted by atomic mass is 10.1. The zero-order valence-electron chi connectivity index (χ0n) is 15.4. The molecule has 0 aliphatic carbocycles. The Labute approximate surface area is 161 Å². The average molecular weight is 382 g/mol. The van der Waals surface area contributed by atoms with E-state index in [-0.39, 0.29) is 11.9 Å². The maximum Gasteiger partial charge on any atom is 0.265 e. The van der Waals surface area contributed by atoms with Gasteiger partial charge in [0.15, 0.2) is 0 Å². The molecular weight excluding hydrogens is 360 g/mol. The molecule has 0 aromatic carbocycles. The number of nitrogens with zero attached hydrogens (tertiary/aromatic N) is 5. The van der Waals surface area contributed by atoms with Crippen LogP contribution in [0.4, 0.5) is 5.69 Å². The zero-order chi connectivity index (χ0) is 19.0. The number of thiophene rings is 1. The minimum Gasteiger partial charge on any atom is -0.397 e. The van der Waals surface area contributed by atoms with Gasteiger partial charge in [-0.15, -0.1) is 11.3 Å². The van der Waals surface area contributed by atoms with Crippen molar-refractivity contribution >= 4 is 33.1 Å². The number of carbonyl (C=O) groups excluding carboxylic acids is 1. The van der Waals surface area contributed by atoms with Gasteiger partial charge in [0, 0.05) is 44.6 Å². The van der Waals surface area contributed by atoms with Gasteiger partial charge in [-0.2, -0.15) is 0 Å². The predicted molar refractivity (Wildman–Crippen MR) is 106 cm³/mol. The van der Waals surface area contributed by atoms with E-state index in [0.29, 0.717) is 10.6 Å². The van der Waals surface area contributed by atoms with Gasteiger partial charge in [-0.25, -0.2) is 4.98 Å². The first-order valence-corrected chi connectivity index (χ1v) is 9.75. The fraction of sp³-hybridized carbons (Fsp3) is 0.368. The van der Waals surface area contributed by atoms with Crippen molar-refractivity contribution < 1.29 is 4.79 Å². The molecule has 1 unspecified atom stereocenters. The van der Waals surface area contributed by atoms with Crippen LogP contribution in [0.25, 0.3) is 10.2 Å². The number of fused-ring (bicyclic) bond motifs is 1. The molecule has 140 valence electrons. The first-order valence-electron chi connectivity index (χ1n) is 8.94. The van der Waals surface area contributed by atoms with Crippen LogP contribution in [0.15, 0.2) is 30.7 Å². The number of nitrogen functional groups attached to an aromatic ring is 1. The molecular formula is C19H22N6OS. The van der Waals surface area contributed by atoms with Crippen molar-refractivity contribution in [1.29, 1.82) is 0 Å². The number of hydrogen-bond donors (Lipinski definition) is 1. The molecule has 27 heavy (non-hydrogen) atoms. The number of anilines is 1. The highest BCUT2D eigenvalue weighted by Crippen LogP contribution is 2.37. The number of aromatic nitrogens is 3. The fourth-order valence-electron chi connectivity index (χ4n) is 3.53. The first-order chi connectivity index (χ1) is 13.0. The number of pyridine rings is 1. The highest BCUT2D eigenvalue weighted by atomic mass is 32.1. The number of rotatable bonds is 4. The molecule has 4 heterocycles. The second kappa shape index (κ2) is 7.21. The monoisotopic (exact) mass is 382 g/mol. The third kappa shape index (κ3) is 3.38. The van der Waals surface area contributed by atoms with Crippen LogP contribution in [-0.2, 0) is 6.54 Å². The molecule has 0 saturated carbocycles. The van der Waals surface area contributed by atoms with Crippen molar-refractivity contribution in [1.82, 2.24) is 24.8 Å². The van der Waals surface area contributed by atoms with Gasteiger partial charge in [0.25, 0.3) is 5.91 Å². The van der Waals surface area contributed by atoms with Gasteiger partial charge >= 0.3 is 0 Å². The molecule has 2 N–H and O–H groups in total. The Morgan fingerprint density at radius 2 is 2.22 bits per heavy atom. The topological polar surface area (TPSA) is 88.2 Å². The van der Waals surface area contributed by atoms with Gasteiger partial charge in [-0.05, 0) is 31.5 Å². The largest absolute Gasteiger partial charge is 0.397 e. The highest BCUT2D eigenvalue weighted by Gasteiger charge is 2.28. The van der Waals surface area contributed by atoms with E-state index in [2.05, 4.69) is 14.9 Å². The Bertz CT molecular complexity index is 971. The molecule has 4 rings (SSSR count). The highest BCUT2D eigenvalue weighted by molar-refractivity contribution is 7.21. The molecule has 1 aliphatic rings. The van der Waals surface area contributed by atoms with E-state index in [4.69, 9.17) is 10.7 Å². The van der Waals surface area contributed by atoms with Gasteiger partial charge in [0.2, 0.25) is 0 Å². The SMILES string of the molecule is CN(C)C(=O)c1sc2nc(C3CCCN3Cc3cnccn3)ccc2c1N. The third-order valence-electron chi connectivity index (χ3n) is 4.90. The molecule has 1 aliphatic heterocycles. The normalized spacial score (nSPS) is 17.5. The van der Waals surface area contributed by atoms with E-state index in [1.165, 1.54) is 11.3 Å². The Hall–Kier alpha value is -2.58. The Morgan fingerprint density at radius 3 is 2.96 bits per heavy atom. The first kappa shape index (κ1) is 17.8. The van der Waals surface area contributed by atoms with Crippen LogP contribution in [-0.4, -0.2) is 51.3 Å². The molecule has 0 bridgehead atoms. The van der Waals surface area contributed by atoms with Crippen LogP contribution in [0.1, 0.15) is 39.9 Å². The van der Waals surface area contributed by atoms with Crippen molar-refractivity contribution in [3.63, 3.8) is 0 Å². The zero-order valence-corrected chi connectivity index (χ0v) is 16.2. The molecule has 3 aromatic heterocycles. The van der Waals surface area contributed by atoms with Gasteiger partial charge in [0.05, 0.1) is 23.1 Å². The average Bonchev–Trinajstić information content (AvgIpc) is 3.26. The van der Waals surface area contributed by atoms with Crippen LogP contribution < -0.4 is 5.73 Å². The van der Waals surface area contributed by atoms with Crippen molar-refractivity contribution in [3.05, 3.63) is 47.0 Å². The number of amides is 1. The molecule has 0 radical (unpaired) electrons. The fourth-order valence-corrected chi connectivity index (χ4v) is 4.65. The van der Waals surface area contributed by atoms with Crippen molar-refractivity contribution in [2.75, 3.05) is 26.4 Å². The summed E-state index contributed by atoms with van der Waals surface area (Å²) in [4.78, 5) is 31.1. The van der Waals surface area contributed by atoms with Crippen LogP contribution in [0, 0.1) is 0 Å². The van der Waals surface area contributed by atoms with Crippen LogP contribution in [0.3, 0.4) is 0 Å². The van der Waals surface area contributed by atoms with Crippen molar-refractivity contribution in [3.8, 4) is 0 Å². The minimum absolute atomic E-state index is 0.0813. The summed E-state index contributed by atoms with van der Waals surface area (Å²) in [6, 6.07) is 4.27. The number of nitrogens with two attached hydrogens (primary N) is 1. The van der Waals surface area contributed by atoms with E-state index < -0.39 is 0 Å². The Balaban J connectivity index is 1.64.